The van der Waals surface area contributed by atoms with E-state index in [2.05, 4.69) is 20.8 Å². The predicted molar refractivity (Wildman–Crippen MR) is 230 cm³/mol. The van der Waals surface area contributed by atoms with Gasteiger partial charge in [0, 0.05) is 11.4 Å². The van der Waals surface area contributed by atoms with E-state index < -0.39 is 0 Å². The Hall–Kier alpha value is -0.920. The highest BCUT2D eigenvalue weighted by molar-refractivity contribution is 5.25. The fourth-order valence-electron chi connectivity index (χ4n) is 8.15. The molecule has 300 valence electrons. The Balaban J connectivity index is 2.35. The molecule has 0 aliphatic rings. The summed E-state index contributed by atoms with van der Waals surface area (Å²) in [5.41, 5.74) is 4.35. The van der Waals surface area contributed by atoms with Gasteiger partial charge in [0.05, 0.1) is 0 Å². The lowest BCUT2D eigenvalue weighted by molar-refractivity contribution is 0.535. The van der Waals surface area contributed by atoms with Crippen molar-refractivity contribution in [2.45, 2.75) is 290 Å². The van der Waals surface area contributed by atoms with E-state index in [0.29, 0.717) is 0 Å². The van der Waals surface area contributed by atoms with E-state index in [1.165, 1.54) is 281 Å². The van der Waals surface area contributed by atoms with Gasteiger partial charge in [-0.15, -0.1) is 0 Å². The minimum atomic E-state index is 1.17. The van der Waals surface area contributed by atoms with Crippen LogP contribution in [-0.2, 0) is 19.3 Å². The van der Waals surface area contributed by atoms with Crippen LogP contribution in [0.3, 0.4) is 0 Å². The van der Waals surface area contributed by atoms with E-state index in [1.54, 1.807) is 5.56 Å². The minimum Gasteiger partial charge on any atom is -0.241 e. The molecule has 1 aromatic heterocycles. The molecule has 1 aromatic rings. The molecule has 2 nitrogen and oxygen atoms in total. The molecule has 0 aliphatic heterocycles. The largest absolute Gasteiger partial charge is 0.241 e. The second-order valence-electron chi connectivity index (χ2n) is 16.7. The average Bonchev–Trinajstić information content (AvgIpc) is 3.14. The molecule has 0 N–H and O–H groups in total. The van der Waals surface area contributed by atoms with E-state index >= 15 is 0 Å². The zero-order valence-corrected chi connectivity index (χ0v) is 35.7. The van der Waals surface area contributed by atoms with Gasteiger partial charge in [0.2, 0.25) is 0 Å². The Labute approximate surface area is 322 Å². The summed E-state index contributed by atoms with van der Waals surface area (Å²) in [6, 6.07) is 0. The topological polar surface area (TPSA) is 25.8 Å². The molecule has 0 atom stereocenters. The number of nitrogens with zero attached hydrogens (tertiary/aromatic N) is 2. The van der Waals surface area contributed by atoms with Gasteiger partial charge in [-0.1, -0.05) is 252 Å². The van der Waals surface area contributed by atoms with Gasteiger partial charge in [-0.25, -0.2) is 9.97 Å². The highest BCUT2D eigenvalue weighted by Gasteiger charge is 2.12. The lowest BCUT2D eigenvalue weighted by atomic mass is 9.96. The Bertz CT molecular complexity index is 755. The number of aryl methyl sites for hydroxylation is 2. The molecule has 0 saturated heterocycles. The van der Waals surface area contributed by atoms with Crippen molar-refractivity contribution >= 4 is 0 Å². The van der Waals surface area contributed by atoms with Crippen LogP contribution < -0.4 is 0 Å². The van der Waals surface area contributed by atoms with Crippen LogP contribution in [0.15, 0.2) is 6.33 Å². The number of hydrogen-bond donors (Lipinski definition) is 0. The minimum absolute atomic E-state index is 1.17. The fourth-order valence-corrected chi connectivity index (χ4v) is 8.15. The van der Waals surface area contributed by atoms with Crippen molar-refractivity contribution < 1.29 is 0 Å². The summed E-state index contributed by atoms with van der Waals surface area (Å²) in [5.74, 6) is 0. The maximum absolute atomic E-state index is 4.92. The molecule has 51 heavy (non-hydrogen) atoms. The summed E-state index contributed by atoms with van der Waals surface area (Å²) in [7, 11) is 0. The van der Waals surface area contributed by atoms with Gasteiger partial charge in [-0.2, -0.15) is 0 Å². The molecule has 0 radical (unpaired) electrons. The van der Waals surface area contributed by atoms with Crippen molar-refractivity contribution in [3.8, 4) is 0 Å². The first-order valence-corrected chi connectivity index (χ1v) is 24.1. The average molecular weight is 711 g/mol. The molecule has 0 fully saturated rings. The van der Waals surface area contributed by atoms with Gasteiger partial charge in [0.15, 0.2) is 0 Å². The number of aromatic nitrogens is 2. The van der Waals surface area contributed by atoms with Crippen LogP contribution >= 0.6 is 0 Å². The third-order valence-corrected chi connectivity index (χ3v) is 11.7. The van der Waals surface area contributed by atoms with Crippen LogP contribution in [0.25, 0.3) is 0 Å². The Kier molecular flexibility index (Phi) is 38.0. The van der Waals surface area contributed by atoms with Crippen LogP contribution in [0.4, 0.5) is 0 Å². The molecular formula is C49H94N2. The predicted octanol–water partition coefficient (Wildman–Crippen LogP) is 17.4. The number of unbranched alkanes of at least 4 members (excludes halogenated alkanes) is 36. The maximum Gasteiger partial charge on any atom is 0.115 e. The van der Waals surface area contributed by atoms with E-state index in [4.69, 9.17) is 9.97 Å². The quantitative estimate of drug-likeness (QED) is 0.0631. The lowest BCUT2D eigenvalue weighted by Crippen LogP contribution is -2.07. The second kappa shape index (κ2) is 40.3. The first-order chi connectivity index (χ1) is 25.3. The molecule has 0 unspecified atom stereocenters. The Morgan fingerprint density at radius 3 is 0.686 bits per heavy atom. The van der Waals surface area contributed by atoms with Crippen molar-refractivity contribution in [1.29, 1.82) is 0 Å². The SMILES string of the molecule is CCCCCCCCCCCCCCCc1ncnc(CCCCCCCCCCCCCCC)c1CCCCCCCCCCCCCCC. The van der Waals surface area contributed by atoms with E-state index in [0.717, 1.165) is 0 Å². The summed E-state index contributed by atoms with van der Waals surface area (Å²) in [6.45, 7) is 6.94. The van der Waals surface area contributed by atoms with Gasteiger partial charge < -0.3 is 0 Å². The number of hydrogen-bond acceptors (Lipinski definition) is 2. The summed E-state index contributed by atoms with van der Waals surface area (Å²) < 4.78 is 0. The van der Waals surface area contributed by atoms with Crippen LogP contribution in [0.2, 0.25) is 0 Å². The second-order valence-corrected chi connectivity index (χ2v) is 16.7. The lowest BCUT2D eigenvalue weighted by Gasteiger charge is -2.14. The molecule has 1 rings (SSSR count). The van der Waals surface area contributed by atoms with Crippen LogP contribution in [0, 0.1) is 0 Å². The molecule has 0 spiro atoms. The molecule has 1 heterocycles. The normalized spacial score (nSPS) is 11.6. The summed E-state index contributed by atoms with van der Waals surface area (Å²) >= 11 is 0. The third kappa shape index (κ3) is 32.2. The third-order valence-electron chi connectivity index (χ3n) is 11.7. The van der Waals surface area contributed by atoms with Crippen LogP contribution in [0.5, 0.6) is 0 Å². The van der Waals surface area contributed by atoms with Gasteiger partial charge in [0.1, 0.15) is 6.33 Å². The molecule has 0 amide bonds. The Morgan fingerprint density at radius 2 is 0.451 bits per heavy atom. The molecular weight excluding hydrogens is 617 g/mol. The van der Waals surface area contributed by atoms with Crippen LogP contribution in [0.1, 0.15) is 288 Å². The first kappa shape index (κ1) is 48.1. The van der Waals surface area contributed by atoms with Gasteiger partial charge >= 0.3 is 0 Å². The van der Waals surface area contributed by atoms with Crippen molar-refractivity contribution in [2.24, 2.45) is 0 Å². The van der Waals surface area contributed by atoms with Crippen LogP contribution in [-0.4, -0.2) is 9.97 Å². The molecule has 0 aliphatic carbocycles. The zero-order valence-electron chi connectivity index (χ0n) is 35.7. The molecule has 2 heteroatoms. The summed E-state index contributed by atoms with van der Waals surface area (Å²) in [6.07, 6.45) is 60.9. The number of rotatable bonds is 42. The first-order valence-electron chi connectivity index (χ1n) is 24.1. The van der Waals surface area contributed by atoms with E-state index in [1.807, 2.05) is 6.33 Å². The summed E-state index contributed by atoms with van der Waals surface area (Å²) in [5, 5.41) is 0. The van der Waals surface area contributed by atoms with E-state index in [-0.39, 0.29) is 0 Å². The highest BCUT2D eigenvalue weighted by atomic mass is 14.8. The van der Waals surface area contributed by atoms with Crippen molar-refractivity contribution in [1.82, 2.24) is 9.97 Å². The van der Waals surface area contributed by atoms with Gasteiger partial charge in [-0.3, -0.25) is 0 Å². The monoisotopic (exact) mass is 711 g/mol. The molecule has 0 saturated carbocycles. The fraction of sp³-hybridized carbons (Fsp3) is 0.918. The molecule has 0 bridgehead atoms. The van der Waals surface area contributed by atoms with Gasteiger partial charge in [0.25, 0.3) is 0 Å². The van der Waals surface area contributed by atoms with Crippen molar-refractivity contribution in [3.63, 3.8) is 0 Å². The Morgan fingerprint density at radius 1 is 0.255 bits per heavy atom. The molecule has 0 aromatic carbocycles. The smallest absolute Gasteiger partial charge is 0.115 e. The highest BCUT2D eigenvalue weighted by Crippen LogP contribution is 2.22. The zero-order chi connectivity index (χ0) is 36.6. The standard InChI is InChI=1S/C49H94N2/c1-4-7-10-13-16-19-22-25-28-31-34-37-40-43-47-48(44-41-38-35-32-29-26-23-20-17-14-11-8-5-2)50-46-51-49(47)45-42-39-36-33-30-27-24-21-18-15-12-9-6-3/h46H,4-45H2,1-3H3. The maximum atomic E-state index is 4.92. The van der Waals surface area contributed by atoms with E-state index in [9.17, 15) is 0 Å². The summed E-state index contributed by atoms with van der Waals surface area (Å²) in [4.78, 5) is 9.83. The van der Waals surface area contributed by atoms with Crippen molar-refractivity contribution in [2.75, 3.05) is 0 Å². The van der Waals surface area contributed by atoms with Crippen molar-refractivity contribution in [3.05, 3.63) is 23.3 Å². The van der Waals surface area contributed by atoms with Gasteiger partial charge in [-0.05, 0) is 44.1 Å².